The third-order valence-electron chi connectivity index (χ3n) is 3.03. The number of aliphatic carboxylic acids is 1. The van der Waals surface area contributed by atoms with Gasteiger partial charge in [-0.2, -0.15) is 5.26 Å². The molecular weight excluding hydrogens is 346 g/mol. The molecule has 0 aromatic heterocycles. The molecule has 0 N–H and O–H groups in total. The average molecular weight is 368 g/mol. The summed E-state index contributed by atoms with van der Waals surface area (Å²) in [7, 11) is 3.09. The van der Waals surface area contributed by atoms with Crippen LogP contribution in [0.4, 0.5) is 0 Å². The highest BCUT2D eigenvalue weighted by Crippen LogP contribution is 2.33. The van der Waals surface area contributed by atoms with Crippen LogP contribution in [0, 0.1) is 11.3 Å². The van der Waals surface area contributed by atoms with Gasteiger partial charge in [0.25, 0.3) is 0 Å². The topological polar surface area (TPSA) is 119 Å². The minimum Gasteiger partial charge on any atom is -0.550 e. The third-order valence-corrected chi connectivity index (χ3v) is 3.03. The Morgan fingerprint density at radius 3 is 2.19 bits per heavy atom. The molecule has 0 aliphatic carbocycles. The normalized spacial score (nSPS) is 10.3. The first-order chi connectivity index (χ1) is 12.6. The first-order valence-corrected chi connectivity index (χ1v) is 7.78. The van der Waals surface area contributed by atoms with Crippen molar-refractivity contribution >= 4 is 5.97 Å². The van der Waals surface area contributed by atoms with Crippen LogP contribution in [0.3, 0.4) is 0 Å². The SMILES string of the molecule is COCCOCOc1cc(CC(=O)[O-])cc(C#N)c1OCOCCOC. The Labute approximate surface area is 151 Å². The molecule has 0 heterocycles. The van der Waals surface area contributed by atoms with Gasteiger partial charge in [-0.3, -0.25) is 0 Å². The van der Waals surface area contributed by atoms with E-state index in [9.17, 15) is 15.2 Å². The zero-order valence-corrected chi connectivity index (χ0v) is 14.8. The second kappa shape index (κ2) is 12.9. The lowest BCUT2D eigenvalue weighted by atomic mass is 10.1. The van der Waals surface area contributed by atoms with Gasteiger partial charge in [0.2, 0.25) is 0 Å². The van der Waals surface area contributed by atoms with Gasteiger partial charge in [0.05, 0.1) is 32.0 Å². The van der Waals surface area contributed by atoms with Crippen molar-refractivity contribution in [3.63, 3.8) is 0 Å². The molecule has 0 unspecified atom stereocenters. The molecule has 144 valence electrons. The second-order valence-corrected chi connectivity index (χ2v) is 4.96. The summed E-state index contributed by atoms with van der Waals surface area (Å²) >= 11 is 0. The quantitative estimate of drug-likeness (QED) is 0.326. The lowest BCUT2D eigenvalue weighted by molar-refractivity contribution is -0.304. The van der Waals surface area contributed by atoms with E-state index in [4.69, 9.17) is 28.4 Å². The minimum atomic E-state index is -1.27. The van der Waals surface area contributed by atoms with Crippen molar-refractivity contribution in [2.45, 2.75) is 6.42 Å². The molecule has 0 atom stereocenters. The van der Waals surface area contributed by atoms with Crippen LogP contribution in [-0.2, 0) is 30.2 Å². The lowest BCUT2D eigenvalue weighted by Gasteiger charge is -2.16. The third kappa shape index (κ3) is 8.13. The Balaban J connectivity index is 2.86. The van der Waals surface area contributed by atoms with Crippen LogP contribution in [0.5, 0.6) is 11.5 Å². The summed E-state index contributed by atoms with van der Waals surface area (Å²) in [5.74, 6) is -0.955. The summed E-state index contributed by atoms with van der Waals surface area (Å²) < 4.78 is 31.1. The van der Waals surface area contributed by atoms with E-state index >= 15 is 0 Å². The number of benzene rings is 1. The number of nitrogens with zero attached hydrogens (tertiary/aromatic N) is 1. The second-order valence-electron chi connectivity index (χ2n) is 4.96. The number of rotatable bonds is 14. The Bertz CT molecular complexity index is 599. The van der Waals surface area contributed by atoms with Gasteiger partial charge in [0.1, 0.15) is 6.07 Å². The maximum absolute atomic E-state index is 10.8. The predicted molar refractivity (Wildman–Crippen MR) is 86.5 cm³/mol. The Morgan fingerprint density at radius 2 is 1.65 bits per heavy atom. The Morgan fingerprint density at radius 1 is 1.04 bits per heavy atom. The van der Waals surface area contributed by atoms with E-state index in [-0.39, 0.29) is 37.1 Å². The highest BCUT2D eigenvalue weighted by molar-refractivity contribution is 5.69. The summed E-state index contributed by atoms with van der Waals surface area (Å²) in [6, 6.07) is 4.81. The molecule has 0 radical (unpaired) electrons. The number of nitriles is 1. The fourth-order valence-corrected chi connectivity index (χ4v) is 1.88. The van der Waals surface area contributed by atoms with Gasteiger partial charge in [-0.15, -0.1) is 0 Å². The molecule has 0 fully saturated rings. The number of hydrogen-bond acceptors (Lipinski definition) is 9. The van der Waals surface area contributed by atoms with Crippen LogP contribution in [0.2, 0.25) is 0 Å². The maximum Gasteiger partial charge on any atom is 0.189 e. The Kier molecular flexibility index (Phi) is 10.8. The van der Waals surface area contributed by atoms with Crippen LogP contribution in [-0.4, -0.2) is 60.2 Å². The van der Waals surface area contributed by atoms with E-state index in [2.05, 4.69) is 0 Å². The molecule has 1 aromatic carbocycles. The van der Waals surface area contributed by atoms with Crippen LogP contribution in [0.15, 0.2) is 12.1 Å². The van der Waals surface area contributed by atoms with Gasteiger partial charge in [0.15, 0.2) is 25.1 Å². The van der Waals surface area contributed by atoms with Crippen LogP contribution in [0.1, 0.15) is 11.1 Å². The standard InChI is InChI=1S/C17H23NO8/c1-21-3-5-23-11-25-15-8-13(9-16(19)20)7-14(10-18)17(15)26-12-24-6-4-22-2/h7-8H,3-6,9,11-12H2,1-2H3,(H,19,20)/p-1. The molecule has 0 spiro atoms. The average Bonchev–Trinajstić information content (AvgIpc) is 2.61. The lowest BCUT2D eigenvalue weighted by Crippen LogP contribution is -2.24. The molecule has 9 heteroatoms. The molecule has 0 saturated carbocycles. The summed E-state index contributed by atoms with van der Waals surface area (Å²) in [5, 5.41) is 20.2. The van der Waals surface area contributed by atoms with E-state index in [1.807, 2.05) is 6.07 Å². The van der Waals surface area contributed by atoms with E-state index < -0.39 is 5.97 Å². The first kappa shape index (κ1) is 21.7. The summed E-state index contributed by atoms with van der Waals surface area (Å²) in [4.78, 5) is 10.8. The fourth-order valence-electron chi connectivity index (χ4n) is 1.88. The van der Waals surface area contributed by atoms with Crippen LogP contribution in [0.25, 0.3) is 0 Å². The van der Waals surface area contributed by atoms with E-state index in [0.717, 1.165) is 0 Å². The molecule has 0 aliphatic rings. The van der Waals surface area contributed by atoms with Gasteiger partial charge in [-0.05, 0) is 17.7 Å². The fraction of sp³-hybridized carbons (Fsp3) is 0.529. The number of carboxylic acids is 1. The summed E-state index contributed by atoms with van der Waals surface area (Å²) in [5.41, 5.74) is 0.465. The van der Waals surface area contributed by atoms with E-state index in [1.165, 1.54) is 12.1 Å². The largest absolute Gasteiger partial charge is 0.550 e. The van der Waals surface area contributed by atoms with Crippen molar-refractivity contribution in [1.82, 2.24) is 0 Å². The van der Waals surface area contributed by atoms with Gasteiger partial charge < -0.3 is 38.3 Å². The number of methoxy groups -OCH3 is 2. The number of carboxylic acid groups (broad SMARTS) is 1. The number of hydrogen-bond donors (Lipinski definition) is 0. The zero-order chi connectivity index (χ0) is 19.2. The predicted octanol–water partition coefficient (Wildman–Crippen LogP) is -0.151. The number of carbonyl (C=O) groups excluding carboxylic acids is 1. The highest BCUT2D eigenvalue weighted by Gasteiger charge is 2.15. The smallest absolute Gasteiger partial charge is 0.189 e. The van der Waals surface area contributed by atoms with Crippen molar-refractivity contribution in [1.29, 1.82) is 5.26 Å². The molecule has 26 heavy (non-hydrogen) atoms. The molecule has 0 aliphatic heterocycles. The Hall–Kier alpha value is -2.38. The monoisotopic (exact) mass is 368 g/mol. The highest BCUT2D eigenvalue weighted by atomic mass is 16.7. The zero-order valence-electron chi connectivity index (χ0n) is 14.8. The van der Waals surface area contributed by atoms with Gasteiger partial charge in [-0.1, -0.05) is 0 Å². The molecule has 1 aromatic rings. The molecule has 0 saturated heterocycles. The molecule has 0 amide bonds. The van der Waals surface area contributed by atoms with Gasteiger partial charge in [0, 0.05) is 26.6 Å². The first-order valence-electron chi connectivity index (χ1n) is 7.78. The molecule has 0 bridgehead atoms. The molecular formula is C17H22NO8-. The summed E-state index contributed by atoms with van der Waals surface area (Å²) in [6.45, 7) is 1.18. The van der Waals surface area contributed by atoms with Crippen LogP contribution < -0.4 is 14.6 Å². The van der Waals surface area contributed by atoms with E-state index in [1.54, 1.807) is 14.2 Å². The molecule has 1 rings (SSSR count). The number of ether oxygens (including phenoxy) is 6. The van der Waals surface area contributed by atoms with Crippen molar-refractivity contribution < 1.29 is 38.3 Å². The minimum absolute atomic E-state index is 0.117. The summed E-state index contributed by atoms with van der Waals surface area (Å²) in [6.07, 6.45) is -0.361. The van der Waals surface area contributed by atoms with Gasteiger partial charge in [-0.25, -0.2) is 0 Å². The van der Waals surface area contributed by atoms with E-state index in [0.29, 0.717) is 32.0 Å². The van der Waals surface area contributed by atoms with Crippen molar-refractivity contribution in [3.05, 3.63) is 23.3 Å². The van der Waals surface area contributed by atoms with Crippen molar-refractivity contribution in [2.24, 2.45) is 0 Å². The maximum atomic E-state index is 10.8. The van der Waals surface area contributed by atoms with Crippen molar-refractivity contribution in [2.75, 3.05) is 54.2 Å². The molecule has 9 nitrogen and oxygen atoms in total. The van der Waals surface area contributed by atoms with Crippen molar-refractivity contribution in [3.8, 4) is 17.6 Å². The number of carbonyl (C=O) groups is 1. The van der Waals surface area contributed by atoms with Gasteiger partial charge >= 0.3 is 0 Å². The van der Waals surface area contributed by atoms with Crippen LogP contribution >= 0.6 is 0 Å².